The summed E-state index contributed by atoms with van der Waals surface area (Å²) in [5.74, 6) is 1.58. The molecule has 1 amide bonds. The van der Waals surface area contributed by atoms with Gasteiger partial charge in [0.1, 0.15) is 12.4 Å². The van der Waals surface area contributed by atoms with E-state index in [1.54, 1.807) is 6.07 Å². The zero-order valence-electron chi connectivity index (χ0n) is 18.1. The molecule has 0 spiro atoms. The highest BCUT2D eigenvalue weighted by Gasteiger charge is 2.14. The molecule has 0 saturated heterocycles. The van der Waals surface area contributed by atoms with Crippen LogP contribution in [-0.4, -0.2) is 26.4 Å². The number of thioether (sulfide) groups is 1. The summed E-state index contributed by atoms with van der Waals surface area (Å²) in [5, 5.41) is 14.9. The Morgan fingerprint density at radius 2 is 1.88 bits per heavy atom. The molecular formula is C24H23ClN4O2S. The van der Waals surface area contributed by atoms with Gasteiger partial charge in [-0.1, -0.05) is 59.8 Å². The number of nitrogens with one attached hydrogen (secondary N) is 1. The van der Waals surface area contributed by atoms with Gasteiger partial charge in [0.05, 0.1) is 5.75 Å². The van der Waals surface area contributed by atoms with Gasteiger partial charge in [-0.25, -0.2) is 0 Å². The van der Waals surface area contributed by atoms with Crippen LogP contribution < -0.4 is 10.1 Å². The second-order valence-electron chi connectivity index (χ2n) is 7.41. The average molecular weight is 467 g/mol. The summed E-state index contributed by atoms with van der Waals surface area (Å²) in [6.45, 7) is 4.21. The van der Waals surface area contributed by atoms with Crippen molar-refractivity contribution in [1.82, 2.24) is 14.8 Å². The zero-order chi connectivity index (χ0) is 22.7. The van der Waals surface area contributed by atoms with Crippen molar-refractivity contribution in [3.05, 3.63) is 76.6 Å². The van der Waals surface area contributed by atoms with Crippen LogP contribution in [0.4, 0.5) is 5.69 Å². The maximum absolute atomic E-state index is 12.4. The van der Waals surface area contributed by atoms with Crippen LogP contribution >= 0.6 is 23.4 Å². The number of rotatable bonds is 7. The molecule has 0 radical (unpaired) electrons. The van der Waals surface area contributed by atoms with Crippen molar-refractivity contribution in [1.29, 1.82) is 0 Å². The third-order valence-electron chi connectivity index (χ3n) is 5.30. The van der Waals surface area contributed by atoms with Crippen LogP contribution in [0.25, 0.3) is 10.8 Å². The third-order valence-corrected chi connectivity index (χ3v) is 6.73. The van der Waals surface area contributed by atoms with E-state index in [0.717, 1.165) is 16.9 Å². The average Bonchev–Trinajstić information content (AvgIpc) is 3.14. The fourth-order valence-corrected chi connectivity index (χ4v) is 4.27. The molecule has 0 fully saturated rings. The molecule has 0 aliphatic rings. The highest BCUT2D eigenvalue weighted by Crippen LogP contribution is 2.28. The molecule has 0 unspecified atom stereocenters. The van der Waals surface area contributed by atoms with Gasteiger partial charge in [-0.15, -0.1) is 10.2 Å². The largest absolute Gasteiger partial charge is 0.485 e. The van der Waals surface area contributed by atoms with Crippen molar-refractivity contribution in [2.24, 2.45) is 7.05 Å². The van der Waals surface area contributed by atoms with Crippen LogP contribution in [0.1, 0.15) is 17.0 Å². The van der Waals surface area contributed by atoms with Gasteiger partial charge in [0.25, 0.3) is 0 Å². The molecule has 0 aliphatic heterocycles. The van der Waals surface area contributed by atoms with Crippen LogP contribution in [0.3, 0.4) is 0 Å². The standard InChI is InChI=1S/C24H23ClN4O2S/c1-15-18-8-5-4-7-17(18)11-12-21(15)31-13-22-27-28-24(29(22)3)32-14-23(30)26-20-10-6-9-19(25)16(20)2/h4-12H,13-14H2,1-3H3,(H,26,30). The van der Waals surface area contributed by atoms with E-state index in [2.05, 4.69) is 40.6 Å². The van der Waals surface area contributed by atoms with Crippen LogP contribution in [0, 0.1) is 13.8 Å². The van der Waals surface area contributed by atoms with Crippen molar-refractivity contribution in [3.8, 4) is 5.75 Å². The molecule has 1 N–H and O–H groups in total. The number of fused-ring (bicyclic) bond motifs is 1. The molecule has 32 heavy (non-hydrogen) atoms. The quantitative estimate of drug-likeness (QED) is 0.362. The molecule has 164 valence electrons. The van der Waals surface area contributed by atoms with Gasteiger partial charge in [-0.2, -0.15) is 0 Å². The number of anilines is 1. The Kier molecular flexibility index (Phi) is 6.67. The van der Waals surface area contributed by atoms with Crippen LogP contribution in [-0.2, 0) is 18.4 Å². The summed E-state index contributed by atoms with van der Waals surface area (Å²) >= 11 is 7.44. The van der Waals surface area contributed by atoms with E-state index < -0.39 is 0 Å². The fourth-order valence-electron chi connectivity index (χ4n) is 3.36. The summed E-state index contributed by atoms with van der Waals surface area (Å²) < 4.78 is 7.88. The van der Waals surface area contributed by atoms with Crippen molar-refractivity contribution < 1.29 is 9.53 Å². The lowest BCUT2D eigenvalue weighted by Crippen LogP contribution is -2.15. The fraction of sp³-hybridized carbons (Fsp3) is 0.208. The van der Waals surface area contributed by atoms with Gasteiger partial charge in [0.15, 0.2) is 11.0 Å². The molecule has 1 heterocycles. The summed E-state index contributed by atoms with van der Waals surface area (Å²) in [6, 6.07) is 17.7. The van der Waals surface area contributed by atoms with Gasteiger partial charge in [0, 0.05) is 17.8 Å². The summed E-state index contributed by atoms with van der Waals surface area (Å²) in [6.07, 6.45) is 0. The molecular weight excluding hydrogens is 444 g/mol. The number of nitrogens with zero attached hydrogens (tertiary/aromatic N) is 3. The van der Waals surface area contributed by atoms with Gasteiger partial charge >= 0.3 is 0 Å². The smallest absolute Gasteiger partial charge is 0.234 e. The molecule has 0 aliphatic carbocycles. The van der Waals surface area contributed by atoms with Gasteiger partial charge in [-0.05, 0) is 53.9 Å². The van der Waals surface area contributed by atoms with Crippen LogP contribution in [0.2, 0.25) is 5.02 Å². The minimum Gasteiger partial charge on any atom is -0.485 e. The number of carbonyl (C=O) groups excluding carboxylic acids is 1. The lowest BCUT2D eigenvalue weighted by Gasteiger charge is -2.11. The Morgan fingerprint density at radius 1 is 1.06 bits per heavy atom. The first-order chi connectivity index (χ1) is 15.4. The first-order valence-electron chi connectivity index (χ1n) is 10.1. The van der Waals surface area contributed by atoms with E-state index in [1.165, 1.54) is 22.5 Å². The Bertz CT molecular complexity index is 1290. The van der Waals surface area contributed by atoms with Crippen molar-refractivity contribution in [2.45, 2.75) is 25.6 Å². The Labute approximate surface area is 195 Å². The number of amides is 1. The number of ether oxygens (including phenoxy) is 1. The van der Waals surface area contributed by atoms with Gasteiger partial charge in [0.2, 0.25) is 5.91 Å². The van der Waals surface area contributed by atoms with E-state index in [1.807, 2.05) is 48.9 Å². The molecule has 6 nitrogen and oxygen atoms in total. The number of hydrogen-bond donors (Lipinski definition) is 1. The minimum absolute atomic E-state index is 0.132. The summed E-state index contributed by atoms with van der Waals surface area (Å²) in [4.78, 5) is 12.4. The molecule has 8 heteroatoms. The molecule has 0 saturated carbocycles. The van der Waals surface area contributed by atoms with E-state index in [9.17, 15) is 4.79 Å². The van der Waals surface area contributed by atoms with Crippen molar-refractivity contribution >= 4 is 45.7 Å². The van der Waals surface area contributed by atoms with Gasteiger partial charge < -0.3 is 14.6 Å². The molecule has 3 aromatic carbocycles. The molecule has 4 aromatic rings. The minimum atomic E-state index is -0.132. The Morgan fingerprint density at radius 3 is 2.72 bits per heavy atom. The van der Waals surface area contributed by atoms with Crippen molar-refractivity contribution in [3.63, 3.8) is 0 Å². The number of hydrogen-bond acceptors (Lipinski definition) is 5. The van der Waals surface area contributed by atoms with Crippen LogP contribution in [0.15, 0.2) is 59.8 Å². The number of aromatic nitrogens is 3. The summed E-state index contributed by atoms with van der Waals surface area (Å²) in [5.41, 5.74) is 2.64. The monoisotopic (exact) mass is 466 g/mol. The van der Waals surface area contributed by atoms with Crippen LogP contribution in [0.5, 0.6) is 5.75 Å². The normalized spacial score (nSPS) is 11.0. The molecule has 0 atom stereocenters. The molecule has 1 aromatic heterocycles. The van der Waals surface area contributed by atoms with E-state index in [4.69, 9.17) is 16.3 Å². The lowest BCUT2D eigenvalue weighted by atomic mass is 10.0. The first-order valence-corrected chi connectivity index (χ1v) is 11.5. The SMILES string of the molecule is Cc1c(Cl)cccc1NC(=O)CSc1nnc(COc2ccc3ccccc3c2C)n1C. The molecule has 4 rings (SSSR count). The Balaban J connectivity index is 1.37. The topological polar surface area (TPSA) is 69.0 Å². The van der Waals surface area contributed by atoms with Gasteiger partial charge in [-0.3, -0.25) is 4.79 Å². The maximum atomic E-state index is 12.4. The second-order valence-corrected chi connectivity index (χ2v) is 8.76. The lowest BCUT2D eigenvalue weighted by molar-refractivity contribution is -0.113. The van der Waals surface area contributed by atoms with E-state index in [-0.39, 0.29) is 18.3 Å². The highest BCUT2D eigenvalue weighted by molar-refractivity contribution is 7.99. The van der Waals surface area contributed by atoms with Crippen molar-refractivity contribution in [2.75, 3.05) is 11.1 Å². The predicted molar refractivity (Wildman–Crippen MR) is 130 cm³/mol. The number of carbonyl (C=O) groups is 1. The highest BCUT2D eigenvalue weighted by atomic mass is 35.5. The number of benzene rings is 3. The number of aryl methyl sites for hydroxylation is 1. The van der Waals surface area contributed by atoms with E-state index in [0.29, 0.717) is 21.7 Å². The third kappa shape index (κ3) is 4.74. The maximum Gasteiger partial charge on any atom is 0.234 e. The first kappa shape index (κ1) is 22.2. The zero-order valence-corrected chi connectivity index (χ0v) is 19.6. The number of halogens is 1. The Hall–Kier alpha value is -3.03. The summed E-state index contributed by atoms with van der Waals surface area (Å²) in [7, 11) is 1.87. The van der Waals surface area contributed by atoms with E-state index >= 15 is 0 Å². The predicted octanol–water partition coefficient (Wildman–Crippen LogP) is 5.55. The second kappa shape index (κ2) is 9.63. The molecule has 0 bridgehead atoms.